The summed E-state index contributed by atoms with van der Waals surface area (Å²) in [6, 6.07) is 8.39. The lowest BCUT2D eigenvalue weighted by Gasteiger charge is -2.37. The topological polar surface area (TPSA) is 43.8 Å². The van der Waals surface area contributed by atoms with Gasteiger partial charge in [0.05, 0.1) is 6.42 Å². The summed E-state index contributed by atoms with van der Waals surface area (Å²) < 4.78 is 0. The van der Waals surface area contributed by atoms with Gasteiger partial charge in [-0.15, -0.1) is 0 Å². The van der Waals surface area contributed by atoms with Crippen LogP contribution in [0.3, 0.4) is 0 Å². The fourth-order valence-electron chi connectivity index (χ4n) is 2.73. The number of aliphatic carboxylic acids is 1. The van der Waals surface area contributed by atoms with E-state index in [0.29, 0.717) is 0 Å². The first kappa shape index (κ1) is 15.0. The molecule has 1 heterocycles. The zero-order valence-electron chi connectivity index (χ0n) is 12.4. The molecule has 20 heavy (non-hydrogen) atoms. The van der Waals surface area contributed by atoms with Crippen LogP contribution in [0.1, 0.15) is 30.5 Å². The zero-order valence-corrected chi connectivity index (χ0v) is 12.4. The average Bonchev–Trinajstić information content (AvgIpc) is 2.46. The number of piperazine rings is 1. The number of benzene rings is 1. The fraction of sp³-hybridized carbons (Fsp3) is 0.562. The van der Waals surface area contributed by atoms with Gasteiger partial charge in [0.1, 0.15) is 0 Å². The van der Waals surface area contributed by atoms with E-state index in [1.165, 1.54) is 5.56 Å². The van der Waals surface area contributed by atoms with Gasteiger partial charge >= 0.3 is 5.97 Å². The van der Waals surface area contributed by atoms with E-state index >= 15 is 0 Å². The number of rotatable bonds is 5. The highest BCUT2D eigenvalue weighted by Gasteiger charge is 2.25. The number of hydrogen-bond acceptors (Lipinski definition) is 3. The zero-order chi connectivity index (χ0) is 14.5. The Morgan fingerprint density at radius 3 is 2.30 bits per heavy atom. The van der Waals surface area contributed by atoms with Crippen molar-refractivity contribution in [1.82, 2.24) is 9.80 Å². The number of hydrogen-bond donors (Lipinski definition) is 1. The number of carboxylic acids is 1. The highest BCUT2D eigenvalue weighted by molar-refractivity contribution is 5.68. The van der Waals surface area contributed by atoms with E-state index in [1.54, 1.807) is 0 Å². The molecule has 0 spiro atoms. The number of likely N-dealkylation sites (N-methyl/N-ethyl adjacent to an activating group) is 1. The van der Waals surface area contributed by atoms with Crippen molar-refractivity contribution in [3.05, 3.63) is 35.4 Å². The third-order valence-corrected chi connectivity index (χ3v) is 4.12. The number of nitrogens with zero attached hydrogens (tertiary/aromatic N) is 2. The largest absolute Gasteiger partial charge is 0.481 e. The Hall–Kier alpha value is -1.39. The second-order valence-electron chi connectivity index (χ2n) is 5.55. The van der Waals surface area contributed by atoms with E-state index in [4.69, 9.17) is 0 Å². The Morgan fingerprint density at radius 1 is 1.20 bits per heavy atom. The lowest BCUT2D eigenvalue weighted by atomic mass is 9.99. The molecule has 1 aromatic rings. The molecule has 0 amide bonds. The lowest BCUT2D eigenvalue weighted by Crippen LogP contribution is -2.46. The van der Waals surface area contributed by atoms with E-state index < -0.39 is 5.97 Å². The molecule has 0 radical (unpaired) electrons. The maximum absolute atomic E-state index is 11.2. The highest BCUT2D eigenvalue weighted by Crippen LogP contribution is 2.26. The maximum Gasteiger partial charge on any atom is 0.305 e. The molecule has 1 saturated heterocycles. The molecule has 1 aliphatic rings. The monoisotopic (exact) mass is 276 g/mol. The van der Waals surface area contributed by atoms with Crippen LogP contribution in [-0.4, -0.2) is 54.1 Å². The molecule has 1 atom stereocenters. The number of carbonyl (C=O) groups is 1. The van der Waals surface area contributed by atoms with Crippen LogP contribution in [0.4, 0.5) is 0 Å². The molecule has 1 N–H and O–H groups in total. The molecule has 1 unspecified atom stereocenters. The summed E-state index contributed by atoms with van der Waals surface area (Å²) in [5.74, 6) is -0.728. The summed E-state index contributed by atoms with van der Waals surface area (Å²) >= 11 is 0. The van der Waals surface area contributed by atoms with Crippen LogP contribution >= 0.6 is 0 Å². The van der Waals surface area contributed by atoms with Crippen molar-refractivity contribution >= 4 is 5.97 Å². The van der Waals surface area contributed by atoms with Gasteiger partial charge in [0.15, 0.2) is 0 Å². The van der Waals surface area contributed by atoms with Crippen LogP contribution in [0.5, 0.6) is 0 Å². The minimum absolute atomic E-state index is 0.00731. The molecule has 0 aromatic heterocycles. The maximum atomic E-state index is 11.2. The van der Waals surface area contributed by atoms with Gasteiger partial charge < -0.3 is 10.0 Å². The third kappa shape index (κ3) is 3.81. The van der Waals surface area contributed by atoms with Crippen LogP contribution in [0, 0.1) is 0 Å². The van der Waals surface area contributed by atoms with Gasteiger partial charge in [-0.05, 0) is 24.6 Å². The predicted octanol–water partition coefficient (Wildman–Crippen LogP) is 2.01. The summed E-state index contributed by atoms with van der Waals surface area (Å²) in [5.41, 5.74) is 2.41. The first-order chi connectivity index (χ1) is 9.60. The minimum atomic E-state index is -0.728. The van der Waals surface area contributed by atoms with Gasteiger partial charge in [-0.2, -0.15) is 0 Å². The summed E-state index contributed by atoms with van der Waals surface area (Å²) in [5, 5.41) is 9.19. The number of carboxylic acid groups (broad SMARTS) is 1. The Balaban J connectivity index is 2.15. The molecule has 1 aliphatic heterocycles. The molecule has 110 valence electrons. The highest BCUT2D eigenvalue weighted by atomic mass is 16.4. The molecular weight excluding hydrogens is 252 g/mol. The fourth-order valence-corrected chi connectivity index (χ4v) is 2.73. The molecule has 2 rings (SSSR count). The van der Waals surface area contributed by atoms with Crippen LogP contribution in [0.2, 0.25) is 0 Å². The van der Waals surface area contributed by atoms with E-state index in [1.807, 2.05) is 0 Å². The number of aryl methyl sites for hydroxylation is 1. The lowest BCUT2D eigenvalue weighted by molar-refractivity contribution is -0.138. The SMILES string of the molecule is CCc1ccc(C(CC(=O)O)N2CCN(C)CC2)cc1. The second kappa shape index (κ2) is 6.86. The molecule has 0 aliphatic carbocycles. The third-order valence-electron chi connectivity index (χ3n) is 4.12. The van der Waals surface area contributed by atoms with Crippen LogP contribution in [-0.2, 0) is 11.2 Å². The minimum Gasteiger partial charge on any atom is -0.481 e. The molecule has 1 fully saturated rings. The molecule has 0 bridgehead atoms. The first-order valence-corrected chi connectivity index (χ1v) is 7.33. The van der Waals surface area contributed by atoms with E-state index in [0.717, 1.165) is 38.2 Å². The quantitative estimate of drug-likeness (QED) is 0.893. The van der Waals surface area contributed by atoms with Crippen LogP contribution < -0.4 is 0 Å². The second-order valence-corrected chi connectivity index (χ2v) is 5.55. The van der Waals surface area contributed by atoms with Crippen molar-refractivity contribution in [2.24, 2.45) is 0 Å². The van der Waals surface area contributed by atoms with Gasteiger partial charge in [-0.3, -0.25) is 9.69 Å². The van der Waals surface area contributed by atoms with Crippen molar-refractivity contribution in [3.63, 3.8) is 0 Å². The van der Waals surface area contributed by atoms with E-state index in [-0.39, 0.29) is 12.5 Å². The van der Waals surface area contributed by atoms with Gasteiger partial charge in [0.2, 0.25) is 0 Å². The van der Waals surface area contributed by atoms with Crippen LogP contribution in [0.25, 0.3) is 0 Å². The standard InChI is InChI=1S/C16H24N2O2/c1-3-13-4-6-14(7-5-13)15(12-16(19)20)18-10-8-17(2)9-11-18/h4-7,15H,3,8-12H2,1-2H3,(H,19,20). The summed E-state index contributed by atoms with van der Waals surface area (Å²) in [6.07, 6.45) is 1.19. The van der Waals surface area contributed by atoms with E-state index in [9.17, 15) is 9.90 Å². The molecular formula is C16H24N2O2. The summed E-state index contributed by atoms with van der Waals surface area (Å²) in [7, 11) is 2.11. The van der Waals surface area contributed by atoms with Crippen molar-refractivity contribution in [2.75, 3.05) is 33.2 Å². The Morgan fingerprint density at radius 2 is 1.80 bits per heavy atom. The smallest absolute Gasteiger partial charge is 0.305 e. The average molecular weight is 276 g/mol. The molecule has 4 heteroatoms. The molecule has 0 saturated carbocycles. The molecule has 1 aromatic carbocycles. The van der Waals surface area contributed by atoms with E-state index in [2.05, 4.69) is 48.0 Å². The summed E-state index contributed by atoms with van der Waals surface area (Å²) in [6.45, 7) is 6.00. The van der Waals surface area contributed by atoms with Crippen LogP contribution in [0.15, 0.2) is 24.3 Å². The van der Waals surface area contributed by atoms with Gasteiger partial charge in [-0.25, -0.2) is 0 Å². The van der Waals surface area contributed by atoms with Gasteiger partial charge in [0.25, 0.3) is 0 Å². The van der Waals surface area contributed by atoms with Crippen molar-refractivity contribution < 1.29 is 9.90 Å². The van der Waals surface area contributed by atoms with Gasteiger partial charge in [0, 0.05) is 32.2 Å². The first-order valence-electron chi connectivity index (χ1n) is 7.33. The van der Waals surface area contributed by atoms with Crippen molar-refractivity contribution in [3.8, 4) is 0 Å². The summed E-state index contributed by atoms with van der Waals surface area (Å²) in [4.78, 5) is 15.8. The normalized spacial score (nSPS) is 18.9. The Bertz CT molecular complexity index is 436. The Labute approximate surface area is 121 Å². The molecule has 4 nitrogen and oxygen atoms in total. The predicted molar refractivity (Wildman–Crippen MR) is 79.9 cm³/mol. The van der Waals surface area contributed by atoms with Crippen molar-refractivity contribution in [2.45, 2.75) is 25.8 Å². The van der Waals surface area contributed by atoms with Crippen molar-refractivity contribution in [1.29, 1.82) is 0 Å². The van der Waals surface area contributed by atoms with Gasteiger partial charge in [-0.1, -0.05) is 31.2 Å². The Kier molecular flexibility index (Phi) is 5.15.